The largest absolute Gasteiger partial charge is 0.384 e. The third-order valence-corrected chi connectivity index (χ3v) is 6.02. The first-order valence-electron chi connectivity index (χ1n) is 11.4. The molecule has 2 heterocycles. The summed E-state index contributed by atoms with van der Waals surface area (Å²) < 4.78 is 0. The maximum Gasteiger partial charge on any atom is 0.264 e. The van der Waals surface area contributed by atoms with Crippen molar-refractivity contribution in [3.05, 3.63) is 29.3 Å². The van der Waals surface area contributed by atoms with E-state index < -0.39 is 29.7 Å². The zero-order valence-electron chi connectivity index (χ0n) is 18.5. The van der Waals surface area contributed by atoms with Gasteiger partial charge in [0.15, 0.2) is 0 Å². The Bertz CT molecular complexity index is 935. The van der Waals surface area contributed by atoms with Crippen LogP contribution in [0.3, 0.4) is 0 Å². The minimum Gasteiger partial charge on any atom is -0.384 e. The average Bonchev–Trinajstić information content (AvgIpc) is 3.05. The highest BCUT2D eigenvalue weighted by atomic mass is 32.1. The number of hydrogen-bond acceptors (Lipinski definition) is 7. The summed E-state index contributed by atoms with van der Waals surface area (Å²) >= 11 is 4.06. The molecule has 0 spiro atoms. The first-order chi connectivity index (χ1) is 15.9. The molecule has 0 aromatic heterocycles. The number of carbonyl (C=O) groups excluding carboxylic acids is 5. The highest BCUT2D eigenvalue weighted by Crippen LogP contribution is 2.32. The molecule has 1 atom stereocenters. The number of nitrogens with zero attached hydrogens (tertiary/aromatic N) is 1. The van der Waals surface area contributed by atoms with Gasteiger partial charge in [-0.25, -0.2) is 0 Å². The Morgan fingerprint density at radius 1 is 1.03 bits per heavy atom. The van der Waals surface area contributed by atoms with Gasteiger partial charge in [0.25, 0.3) is 11.8 Å². The van der Waals surface area contributed by atoms with Crippen LogP contribution in [0.5, 0.6) is 0 Å². The van der Waals surface area contributed by atoms with Crippen molar-refractivity contribution in [1.82, 2.24) is 15.5 Å². The van der Waals surface area contributed by atoms with E-state index >= 15 is 0 Å². The van der Waals surface area contributed by atoms with Crippen LogP contribution in [-0.2, 0) is 14.4 Å². The standard InChI is InChI=1S/C23H30N4O5S/c28-18(25-13-14-33)9-4-2-1-3-5-12-24-16-8-6-7-15-20(16)23(32)27(22(15)31)17-10-11-19(29)26-21(17)30/h6-8,17,24,33H,1-5,9-14H2,(H,25,28)(H,26,29,30). The van der Waals surface area contributed by atoms with Gasteiger partial charge < -0.3 is 10.6 Å². The van der Waals surface area contributed by atoms with Crippen LogP contribution >= 0.6 is 12.6 Å². The van der Waals surface area contributed by atoms with E-state index in [2.05, 4.69) is 28.6 Å². The Morgan fingerprint density at radius 2 is 1.79 bits per heavy atom. The van der Waals surface area contributed by atoms with Crippen LogP contribution in [0.4, 0.5) is 5.69 Å². The molecular weight excluding hydrogens is 444 g/mol. The maximum atomic E-state index is 13.0. The van der Waals surface area contributed by atoms with Crippen molar-refractivity contribution >= 4 is 47.9 Å². The Balaban J connectivity index is 1.47. The fraction of sp³-hybridized carbons (Fsp3) is 0.522. The molecule has 3 N–H and O–H groups in total. The number of benzene rings is 1. The summed E-state index contributed by atoms with van der Waals surface area (Å²) in [7, 11) is 0. The summed E-state index contributed by atoms with van der Waals surface area (Å²) in [6.45, 7) is 1.23. The lowest BCUT2D eigenvalue weighted by molar-refractivity contribution is -0.136. The Hall–Kier alpha value is -2.88. The van der Waals surface area contributed by atoms with Crippen molar-refractivity contribution in [2.24, 2.45) is 0 Å². The summed E-state index contributed by atoms with van der Waals surface area (Å²) in [5, 5.41) is 8.25. The zero-order valence-corrected chi connectivity index (χ0v) is 19.4. The Labute approximate surface area is 198 Å². The van der Waals surface area contributed by atoms with Gasteiger partial charge in [-0.3, -0.25) is 34.2 Å². The predicted octanol–water partition coefficient (Wildman–Crippen LogP) is 1.89. The molecule has 0 bridgehead atoms. The highest BCUT2D eigenvalue weighted by Gasteiger charge is 2.45. The third kappa shape index (κ3) is 6.13. The molecule has 0 saturated carbocycles. The van der Waals surface area contributed by atoms with Crippen molar-refractivity contribution in [2.75, 3.05) is 24.2 Å². The zero-order chi connectivity index (χ0) is 23.8. The number of nitrogens with one attached hydrogen (secondary N) is 3. The topological polar surface area (TPSA) is 125 Å². The SMILES string of the molecule is O=C(CCCCCCCNc1cccc2c1C(=O)N(C1CCC(=O)NC1=O)C2=O)NCCS. The second kappa shape index (κ2) is 11.8. The first-order valence-corrected chi connectivity index (χ1v) is 12.0. The number of rotatable bonds is 12. The van der Waals surface area contributed by atoms with E-state index in [1.807, 2.05) is 0 Å². The van der Waals surface area contributed by atoms with Crippen LogP contribution in [0.1, 0.15) is 72.1 Å². The van der Waals surface area contributed by atoms with Crippen molar-refractivity contribution in [3.63, 3.8) is 0 Å². The molecule has 0 aliphatic carbocycles. The summed E-state index contributed by atoms with van der Waals surface area (Å²) in [6.07, 6.45) is 5.46. The molecule has 9 nitrogen and oxygen atoms in total. The summed E-state index contributed by atoms with van der Waals surface area (Å²) in [6, 6.07) is 4.07. The molecule has 5 amide bonds. The van der Waals surface area contributed by atoms with Crippen LogP contribution in [0, 0.1) is 0 Å². The molecule has 1 aromatic rings. The monoisotopic (exact) mass is 474 g/mol. The molecule has 2 aliphatic heterocycles. The Kier molecular flexibility index (Phi) is 8.87. The molecule has 1 aromatic carbocycles. The van der Waals surface area contributed by atoms with Gasteiger partial charge >= 0.3 is 0 Å². The predicted molar refractivity (Wildman–Crippen MR) is 126 cm³/mol. The second-order valence-corrected chi connectivity index (χ2v) is 8.64. The van der Waals surface area contributed by atoms with Crippen molar-refractivity contribution < 1.29 is 24.0 Å². The number of thiol groups is 1. The van der Waals surface area contributed by atoms with E-state index in [1.165, 1.54) is 0 Å². The number of carbonyl (C=O) groups is 5. The second-order valence-electron chi connectivity index (χ2n) is 8.19. The highest BCUT2D eigenvalue weighted by molar-refractivity contribution is 7.80. The minimum atomic E-state index is -0.970. The smallest absolute Gasteiger partial charge is 0.264 e. The molecular formula is C23H30N4O5S. The summed E-state index contributed by atoms with van der Waals surface area (Å²) in [5.41, 5.74) is 1.12. The van der Waals surface area contributed by atoms with Crippen LogP contribution in [0.2, 0.25) is 0 Å². The van der Waals surface area contributed by atoms with Gasteiger partial charge in [0.1, 0.15) is 6.04 Å². The van der Waals surface area contributed by atoms with Crippen LogP contribution in [0.25, 0.3) is 0 Å². The van der Waals surface area contributed by atoms with E-state index in [4.69, 9.17) is 0 Å². The lowest BCUT2D eigenvalue weighted by atomic mass is 10.0. The quantitative estimate of drug-likeness (QED) is 0.208. The minimum absolute atomic E-state index is 0.0641. The first kappa shape index (κ1) is 24.8. The molecule has 33 heavy (non-hydrogen) atoms. The van der Waals surface area contributed by atoms with Crippen LogP contribution in [-0.4, -0.2) is 59.3 Å². The third-order valence-electron chi connectivity index (χ3n) is 5.80. The number of amides is 5. The lowest BCUT2D eigenvalue weighted by Gasteiger charge is -2.27. The van der Waals surface area contributed by atoms with E-state index in [0.29, 0.717) is 31.0 Å². The average molecular weight is 475 g/mol. The van der Waals surface area contributed by atoms with Gasteiger partial charge in [-0.05, 0) is 31.4 Å². The Morgan fingerprint density at radius 3 is 2.55 bits per heavy atom. The normalized spacial score (nSPS) is 17.7. The van der Waals surface area contributed by atoms with Gasteiger partial charge in [-0.2, -0.15) is 12.6 Å². The molecule has 10 heteroatoms. The van der Waals surface area contributed by atoms with Crippen molar-refractivity contribution in [3.8, 4) is 0 Å². The number of imide groups is 2. The molecule has 1 fully saturated rings. The van der Waals surface area contributed by atoms with Crippen molar-refractivity contribution in [2.45, 2.75) is 57.4 Å². The number of hydrogen-bond donors (Lipinski definition) is 4. The van der Waals surface area contributed by atoms with Crippen molar-refractivity contribution in [1.29, 1.82) is 0 Å². The number of fused-ring (bicyclic) bond motifs is 1. The van der Waals surface area contributed by atoms with Gasteiger partial charge in [0.2, 0.25) is 17.7 Å². The van der Waals surface area contributed by atoms with E-state index in [0.717, 1.165) is 37.0 Å². The van der Waals surface area contributed by atoms with E-state index in [1.54, 1.807) is 18.2 Å². The van der Waals surface area contributed by atoms with E-state index in [-0.39, 0.29) is 29.9 Å². The number of piperidine rings is 1. The van der Waals surface area contributed by atoms with Gasteiger partial charge in [0, 0.05) is 37.4 Å². The molecule has 0 radical (unpaired) electrons. The van der Waals surface area contributed by atoms with Gasteiger partial charge in [0.05, 0.1) is 11.1 Å². The maximum absolute atomic E-state index is 13.0. The molecule has 2 aliphatic rings. The van der Waals surface area contributed by atoms with Gasteiger partial charge in [-0.1, -0.05) is 25.3 Å². The van der Waals surface area contributed by atoms with Crippen LogP contribution in [0.15, 0.2) is 18.2 Å². The number of unbranched alkanes of at least 4 members (excludes halogenated alkanes) is 4. The molecule has 3 rings (SSSR count). The molecule has 1 saturated heterocycles. The fourth-order valence-corrected chi connectivity index (χ4v) is 4.22. The van der Waals surface area contributed by atoms with Gasteiger partial charge in [-0.15, -0.1) is 0 Å². The summed E-state index contributed by atoms with van der Waals surface area (Å²) in [5.74, 6) is -1.33. The molecule has 1 unspecified atom stereocenters. The number of anilines is 1. The summed E-state index contributed by atoms with van der Waals surface area (Å²) in [4.78, 5) is 62.0. The molecule has 178 valence electrons. The lowest BCUT2D eigenvalue weighted by Crippen LogP contribution is -2.54. The van der Waals surface area contributed by atoms with E-state index in [9.17, 15) is 24.0 Å². The van der Waals surface area contributed by atoms with Crippen LogP contribution < -0.4 is 16.0 Å². The fourth-order valence-electron chi connectivity index (χ4n) is 4.11.